The van der Waals surface area contributed by atoms with Crippen LogP contribution in [0.15, 0.2) is 34.1 Å². The van der Waals surface area contributed by atoms with Gasteiger partial charge in [-0.2, -0.15) is 5.26 Å². The summed E-state index contributed by atoms with van der Waals surface area (Å²) in [5, 5.41) is 10.0. The average Bonchev–Trinajstić information content (AvgIpc) is 2.38. The van der Waals surface area contributed by atoms with Gasteiger partial charge in [-0.05, 0) is 29.2 Å². The first-order valence-electron chi connectivity index (χ1n) is 5.84. The standard InChI is InChI=1S/C14H16ClNS2/c1-3-17-14(18-4-2)12(10-16)9-11-5-7-13(15)8-6-11/h5-8H,3-4,9H2,1-2H3. The Morgan fingerprint density at radius 2 is 1.72 bits per heavy atom. The highest BCUT2D eigenvalue weighted by molar-refractivity contribution is 8.22. The molecule has 4 heteroatoms. The van der Waals surface area contributed by atoms with Crippen LogP contribution in [-0.4, -0.2) is 11.5 Å². The van der Waals surface area contributed by atoms with Crippen molar-refractivity contribution in [3.8, 4) is 6.07 Å². The van der Waals surface area contributed by atoms with E-state index in [1.54, 1.807) is 23.5 Å². The minimum atomic E-state index is 0.684. The number of hydrogen-bond acceptors (Lipinski definition) is 3. The summed E-state index contributed by atoms with van der Waals surface area (Å²) in [6.07, 6.45) is 0.684. The van der Waals surface area contributed by atoms with E-state index >= 15 is 0 Å². The molecule has 0 spiro atoms. The SMILES string of the molecule is CCSC(SCC)=C(C#N)Cc1ccc(Cl)cc1. The highest BCUT2D eigenvalue weighted by Crippen LogP contribution is 2.32. The highest BCUT2D eigenvalue weighted by atomic mass is 35.5. The third-order valence-corrected chi connectivity index (χ3v) is 4.78. The molecule has 0 aliphatic carbocycles. The third kappa shape index (κ3) is 4.97. The van der Waals surface area contributed by atoms with Crippen molar-refractivity contribution < 1.29 is 0 Å². The van der Waals surface area contributed by atoms with Crippen LogP contribution in [0.25, 0.3) is 0 Å². The number of rotatable bonds is 6. The molecule has 1 nitrogen and oxygen atoms in total. The molecular formula is C14H16ClNS2. The molecule has 0 radical (unpaired) electrons. The van der Waals surface area contributed by atoms with E-state index < -0.39 is 0 Å². The summed E-state index contributed by atoms with van der Waals surface area (Å²) >= 11 is 9.36. The van der Waals surface area contributed by atoms with Gasteiger partial charge in [0, 0.05) is 11.4 Å². The first-order valence-corrected chi connectivity index (χ1v) is 8.19. The van der Waals surface area contributed by atoms with Gasteiger partial charge in [-0.25, -0.2) is 0 Å². The van der Waals surface area contributed by atoms with Gasteiger partial charge in [0.25, 0.3) is 0 Å². The monoisotopic (exact) mass is 297 g/mol. The lowest BCUT2D eigenvalue weighted by atomic mass is 10.1. The molecule has 0 aliphatic heterocycles. The molecule has 1 aromatic rings. The zero-order valence-corrected chi connectivity index (χ0v) is 13.0. The van der Waals surface area contributed by atoms with Gasteiger partial charge in [-0.3, -0.25) is 0 Å². The van der Waals surface area contributed by atoms with Gasteiger partial charge in [-0.15, -0.1) is 23.5 Å². The fraction of sp³-hybridized carbons (Fsp3) is 0.357. The van der Waals surface area contributed by atoms with Crippen LogP contribution in [-0.2, 0) is 6.42 Å². The Kier molecular flexibility index (Phi) is 7.34. The summed E-state index contributed by atoms with van der Waals surface area (Å²) < 4.78 is 1.15. The molecule has 0 aromatic heterocycles. The molecule has 0 heterocycles. The van der Waals surface area contributed by atoms with E-state index in [4.69, 9.17) is 11.6 Å². The minimum Gasteiger partial charge on any atom is -0.193 e. The van der Waals surface area contributed by atoms with E-state index in [-0.39, 0.29) is 0 Å². The van der Waals surface area contributed by atoms with Gasteiger partial charge >= 0.3 is 0 Å². The van der Waals surface area contributed by atoms with Crippen LogP contribution < -0.4 is 0 Å². The molecule has 0 aliphatic rings. The smallest absolute Gasteiger partial charge is 0.0967 e. The Bertz CT molecular complexity index is 438. The van der Waals surface area contributed by atoms with E-state index in [1.165, 1.54) is 0 Å². The average molecular weight is 298 g/mol. The van der Waals surface area contributed by atoms with Gasteiger partial charge in [0.15, 0.2) is 0 Å². The molecule has 18 heavy (non-hydrogen) atoms. The normalized spacial score (nSPS) is 9.89. The Morgan fingerprint density at radius 3 is 2.17 bits per heavy atom. The van der Waals surface area contributed by atoms with Crippen LogP contribution in [0.1, 0.15) is 19.4 Å². The number of thioether (sulfide) groups is 2. The first kappa shape index (κ1) is 15.5. The number of benzene rings is 1. The van der Waals surface area contributed by atoms with Crippen molar-refractivity contribution in [2.24, 2.45) is 0 Å². The topological polar surface area (TPSA) is 23.8 Å². The van der Waals surface area contributed by atoms with Gasteiger partial charge < -0.3 is 0 Å². The summed E-state index contributed by atoms with van der Waals surface area (Å²) in [6, 6.07) is 10.0. The van der Waals surface area contributed by atoms with Crippen molar-refractivity contribution in [1.82, 2.24) is 0 Å². The summed E-state index contributed by atoms with van der Waals surface area (Å²) in [7, 11) is 0. The second-order valence-electron chi connectivity index (χ2n) is 3.55. The lowest BCUT2D eigenvalue weighted by Crippen LogP contribution is -1.92. The second-order valence-corrected chi connectivity index (χ2v) is 6.79. The lowest BCUT2D eigenvalue weighted by Gasteiger charge is -2.08. The maximum atomic E-state index is 9.31. The van der Waals surface area contributed by atoms with Gasteiger partial charge in [-0.1, -0.05) is 37.6 Å². The van der Waals surface area contributed by atoms with Gasteiger partial charge in [0.05, 0.1) is 15.9 Å². The largest absolute Gasteiger partial charge is 0.193 e. The zero-order valence-electron chi connectivity index (χ0n) is 10.6. The molecule has 96 valence electrons. The van der Waals surface area contributed by atoms with E-state index in [0.29, 0.717) is 6.42 Å². The van der Waals surface area contributed by atoms with Crippen molar-refractivity contribution in [3.63, 3.8) is 0 Å². The zero-order chi connectivity index (χ0) is 13.4. The number of halogens is 1. The van der Waals surface area contributed by atoms with Crippen LogP contribution in [0.5, 0.6) is 0 Å². The molecule has 1 aromatic carbocycles. The maximum Gasteiger partial charge on any atom is 0.0967 e. The lowest BCUT2D eigenvalue weighted by molar-refractivity contribution is 1.20. The first-order chi connectivity index (χ1) is 8.71. The molecule has 0 bridgehead atoms. The molecule has 0 N–H and O–H groups in total. The molecule has 0 saturated carbocycles. The Morgan fingerprint density at radius 1 is 1.17 bits per heavy atom. The fourth-order valence-corrected chi connectivity index (χ4v) is 3.72. The van der Waals surface area contributed by atoms with E-state index in [2.05, 4.69) is 19.9 Å². The van der Waals surface area contributed by atoms with Crippen LogP contribution in [0.4, 0.5) is 0 Å². The summed E-state index contributed by atoms with van der Waals surface area (Å²) in [6.45, 7) is 4.22. The predicted molar refractivity (Wildman–Crippen MR) is 84.1 cm³/mol. The summed E-state index contributed by atoms with van der Waals surface area (Å²) in [5.41, 5.74) is 1.98. The van der Waals surface area contributed by atoms with E-state index in [1.807, 2.05) is 24.3 Å². The number of allylic oxidation sites excluding steroid dienone is 1. The molecule has 0 atom stereocenters. The van der Waals surface area contributed by atoms with Gasteiger partial charge in [0.2, 0.25) is 0 Å². The van der Waals surface area contributed by atoms with Crippen LogP contribution in [0, 0.1) is 11.3 Å². The molecular weight excluding hydrogens is 282 g/mol. The Balaban J connectivity index is 2.90. The fourth-order valence-electron chi connectivity index (χ4n) is 1.44. The molecule has 0 saturated heterocycles. The summed E-state index contributed by atoms with van der Waals surface area (Å²) in [4.78, 5) is 0. The quantitative estimate of drug-likeness (QED) is 0.681. The van der Waals surface area contributed by atoms with E-state index in [0.717, 1.165) is 31.9 Å². The molecule has 0 fully saturated rings. The van der Waals surface area contributed by atoms with Crippen LogP contribution in [0.3, 0.4) is 0 Å². The third-order valence-electron chi connectivity index (χ3n) is 2.23. The van der Waals surface area contributed by atoms with Crippen molar-refractivity contribution in [2.45, 2.75) is 20.3 Å². The molecule has 1 rings (SSSR count). The Hall–Kier alpha value is -0.560. The van der Waals surface area contributed by atoms with Crippen molar-refractivity contribution >= 4 is 35.1 Å². The van der Waals surface area contributed by atoms with E-state index in [9.17, 15) is 5.26 Å². The molecule has 0 amide bonds. The summed E-state index contributed by atoms with van der Waals surface area (Å²) in [5.74, 6) is 1.99. The van der Waals surface area contributed by atoms with Crippen LogP contribution in [0.2, 0.25) is 5.02 Å². The van der Waals surface area contributed by atoms with Crippen molar-refractivity contribution in [3.05, 3.63) is 44.7 Å². The number of hydrogen-bond donors (Lipinski definition) is 0. The van der Waals surface area contributed by atoms with Crippen LogP contribution >= 0.6 is 35.1 Å². The second kappa shape index (κ2) is 8.53. The predicted octanol–water partition coefficient (Wildman–Crippen LogP) is 5.12. The molecule has 0 unspecified atom stereocenters. The van der Waals surface area contributed by atoms with Crippen molar-refractivity contribution in [2.75, 3.05) is 11.5 Å². The maximum absolute atomic E-state index is 9.31. The highest BCUT2D eigenvalue weighted by Gasteiger charge is 2.08. The number of nitrogens with zero attached hydrogens (tertiary/aromatic N) is 1. The number of nitriles is 1. The minimum absolute atomic E-state index is 0.684. The van der Waals surface area contributed by atoms with Gasteiger partial charge in [0.1, 0.15) is 0 Å². The van der Waals surface area contributed by atoms with Crippen molar-refractivity contribution in [1.29, 1.82) is 5.26 Å². The Labute approximate surface area is 123 Å².